The third kappa shape index (κ3) is 4.83. The lowest BCUT2D eigenvalue weighted by atomic mass is 9.94. The number of hydrogen-bond acceptors (Lipinski definition) is 4. The third-order valence-corrected chi connectivity index (χ3v) is 5.23. The van der Waals surface area contributed by atoms with Crippen molar-refractivity contribution in [2.75, 3.05) is 45.9 Å². The van der Waals surface area contributed by atoms with Gasteiger partial charge in [0.05, 0.1) is 13.2 Å². The first-order valence-corrected chi connectivity index (χ1v) is 9.59. The van der Waals surface area contributed by atoms with Crippen LogP contribution in [0.15, 0.2) is 30.3 Å². The maximum atomic E-state index is 12.5. The van der Waals surface area contributed by atoms with Gasteiger partial charge in [-0.1, -0.05) is 30.3 Å². The van der Waals surface area contributed by atoms with Crippen LogP contribution in [0.2, 0.25) is 0 Å². The summed E-state index contributed by atoms with van der Waals surface area (Å²) in [4.78, 5) is 28.3. The van der Waals surface area contributed by atoms with Gasteiger partial charge in [0.1, 0.15) is 0 Å². The zero-order valence-electron chi connectivity index (χ0n) is 15.5. The summed E-state index contributed by atoms with van der Waals surface area (Å²) in [5.74, 6) is 0.290. The Morgan fingerprint density at radius 1 is 1.27 bits per heavy atom. The van der Waals surface area contributed by atoms with Gasteiger partial charge < -0.3 is 15.0 Å². The van der Waals surface area contributed by atoms with Crippen molar-refractivity contribution in [1.82, 2.24) is 15.1 Å². The number of nitrogens with one attached hydrogen (secondary N) is 1. The van der Waals surface area contributed by atoms with Gasteiger partial charge in [-0.3, -0.25) is 14.5 Å². The number of benzene rings is 1. The van der Waals surface area contributed by atoms with E-state index in [1.807, 2.05) is 25.1 Å². The molecule has 2 atom stereocenters. The minimum absolute atomic E-state index is 0.0576. The van der Waals surface area contributed by atoms with Gasteiger partial charge in [0.25, 0.3) is 0 Å². The lowest BCUT2D eigenvalue weighted by Gasteiger charge is -2.22. The second kappa shape index (κ2) is 9.14. The molecule has 26 heavy (non-hydrogen) atoms. The number of likely N-dealkylation sites (tertiary alicyclic amines) is 2. The molecule has 0 spiro atoms. The summed E-state index contributed by atoms with van der Waals surface area (Å²) >= 11 is 0. The van der Waals surface area contributed by atoms with Crippen LogP contribution in [0.3, 0.4) is 0 Å². The van der Waals surface area contributed by atoms with Gasteiger partial charge >= 0.3 is 0 Å². The number of nitrogens with zero attached hydrogens (tertiary/aromatic N) is 2. The summed E-state index contributed by atoms with van der Waals surface area (Å²) in [5.41, 5.74) is 1.24. The van der Waals surface area contributed by atoms with Crippen molar-refractivity contribution in [2.24, 2.45) is 0 Å². The molecule has 2 aliphatic heterocycles. The van der Waals surface area contributed by atoms with E-state index in [1.165, 1.54) is 5.56 Å². The Kier molecular flexibility index (Phi) is 6.63. The molecule has 142 valence electrons. The standard InChI is InChI=1S/C20H29N3O3/c1-2-26-12-11-22-13-17(16-7-4-3-5-8-16)18(14-22)21-19(24)15-23-10-6-9-20(23)25/h3-5,7-8,17-18H,2,6,9-15H2,1H3,(H,21,24)/t17-,18+/m0/s1. The highest BCUT2D eigenvalue weighted by atomic mass is 16.5. The molecule has 0 aromatic heterocycles. The maximum Gasteiger partial charge on any atom is 0.239 e. The van der Waals surface area contributed by atoms with Gasteiger partial charge in [-0.15, -0.1) is 0 Å². The van der Waals surface area contributed by atoms with E-state index in [4.69, 9.17) is 4.74 Å². The highest BCUT2D eigenvalue weighted by Crippen LogP contribution is 2.27. The number of amides is 2. The average molecular weight is 359 g/mol. The molecule has 6 nitrogen and oxygen atoms in total. The van der Waals surface area contributed by atoms with Crippen molar-refractivity contribution in [3.05, 3.63) is 35.9 Å². The molecule has 3 rings (SSSR count). The second-order valence-electron chi connectivity index (χ2n) is 7.07. The van der Waals surface area contributed by atoms with Crippen LogP contribution < -0.4 is 5.32 Å². The van der Waals surface area contributed by atoms with E-state index in [-0.39, 0.29) is 30.3 Å². The zero-order chi connectivity index (χ0) is 18.4. The normalized spacial score (nSPS) is 23.6. The summed E-state index contributed by atoms with van der Waals surface area (Å²) in [6.07, 6.45) is 1.42. The Hall–Kier alpha value is -1.92. The van der Waals surface area contributed by atoms with Gasteiger partial charge in [0.2, 0.25) is 11.8 Å². The SMILES string of the molecule is CCOCCN1C[C@@H](NC(=O)CN2CCCC2=O)[C@H](c2ccccc2)C1. The summed E-state index contributed by atoms with van der Waals surface area (Å²) in [6.45, 7) is 6.89. The molecule has 0 unspecified atom stereocenters. The van der Waals surface area contributed by atoms with E-state index in [2.05, 4.69) is 22.3 Å². The summed E-state index contributed by atoms with van der Waals surface area (Å²) in [6, 6.07) is 10.4. The van der Waals surface area contributed by atoms with E-state index in [9.17, 15) is 9.59 Å². The minimum atomic E-state index is -0.0576. The summed E-state index contributed by atoms with van der Waals surface area (Å²) in [5, 5.41) is 3.18. The molecule has 2 amide bonds. The fourth-order valence-corrected chi connectivity index (χ4v) is 3.89. The van der Waals surface area contributed by atoms with Crippen LogP contribution in [0.25, 0.3) is 0 Å². The van der Waals surface area contributed by atoms with Gasteiger partial charge in [-0.05, 0) is 18.9 Å². The first kappa shape index (κ1) is 18.9. The van der Waals surface area contributed by atoms with Gasteiger partial charge in [0, 0.05) is 51.2 Å². The van der Waals surface area contributed by atoms with Crippen LogP contribution in [0.5, 0.6) is 0 Å². The lowest BCUT2D eigenvalue weighted by molar-refractivity contribution is -0.133. The Morgan fingerprint density at radius 2 is 2.08 bits per heavy atom. The molecular formula is C20H29N3O3. The second-order valence-corrected chi connectivity index (χ2v) is 7.07. The van der Waals surface area contributed by atoms with Crippen molar-refractivity contribution >= 4 is 11.8 Å². The first-order valence-electron chi connectivity index (χ1n) is 9.59. The van der Waals surface area contributed by atoms with Crippen LogP contribution in [0.1, 0.15) is 31.2 Å². The fourth-order valence-electron chi connectivity index (χ4n) is 3.89. The molecular weight excluding hydrogens is 330 g/mol. The molecule has 1 aromatic rings. The highest BCUT2D eigenvalue weighted by Gasteiger charge is 2.35. The monoisotopic (exact) mass is 359 g/mol. The number of ether oxygens (including phenoxy) is 1. The predicted molar refractivity (Wildman–Crippen MR) is 99.9 cm³/mol. The Bertz CT molecular complexity index is 608. The van der Waals surface area contributed by atoms with Crippen molar-refractivity contribution in [3.8, 4) is 0 Å². The minimum Gasteiger partial charge on any atom is -0.380 e. The molecule has 2 aliphatic rings. The molecule has 2 heterocycles. The largest absolute Gasteiger partial charge is 0.380 e. The molecule has 0 aliphatic carbocycles. The molecule has 2 fully saturated rings. The van der Waals surface area contributed by atoms with Gasteiger partial charge in [-0.25, -0.2) is 0 Å². The molecule has 0 saturated carbocycles. The van der Waals surface area contributed by atoms with E-state index in [0.29, 0.717) is 19.6 Å². The van der Waals surface area contributed by atoms with E-state index >= 15 is 0 Å². The van der Waals surface area contributed by atoms with Crippen molar-refractivity contribution in [2.45, 2.75) is 31.7 Å². The van der Waals surface area contributed by atoms with Crippen molar-refractivity contribution in [1.29, 1.82) is 0 Å². The molecule has 1 N–H and O–H groups in total. The summed E-state index contributed by atoms with van der Waals surface area (Å²) < 4.78 is 5.48. The van der Waals surface area contributed by atoms with Gasteiger partial charge in [0.15, 0.2) is 0 Å². The van der Waals surface area contributed by atoms with Gasteiger partial charge in [-0.2, -0.15) is 0 Å². The highest BCUT2D eigenvalue weighted by molar-refractivity contribution is 5.86. The van der Waals surface area contributed by atoms with Crippen LogP contribution in [0, 0.1) is 0 Å². The predicted octanol–water partition coefficient (Wildman–Crippen LogP) is 1.23. The van der Waals surface area contributed by atoms with Crippen LogP contribution in [-0.4, -0.2) is 73.6 Å². The fraction of sp³-hybridized carbons (Fsp3) is 0.600. The topological polar surface area (TPSA) is 61.9 Å². The number of carbonyl (C=O) groups excluding carboxylic acids is 2. The lowest BCUT2D eigenvalue weighted by Crippen LogP contribution is -2.45. The number of hydrogen-bond donors (Lipinski definition) is 1. The quantitative estimate of drug-likeness (QED) is 0.709. The van der Waals surface area contributed by atoms with Crippen molar-refractivity contribution in [3.63, 3.8) is 0 Å². The summed E-state index contributed by atoms with van der Waals surface area (Å²) in [7, 11) is 0. The average Bonchev–Trinajstić information content (AvgIpc) is 3.22. The smallest absolute Gasteiger partial charge is 0.239 e. The Labute approximate surface area is 155 Å². The molecule has 0 radical (unpaired) electrons. The molecule has 1 aromatic carbocycles. The molecule has 2 saturated heterocycles. The Morgan fingerprint density at radius 3 is 2.77 bits per heavy atom. The van der Waals surface area contributed by atoms with Crippen molar-refractivity contribution < 1.29 is 14.3 Å². The van der Waals surface area contributed by atoms with Crippen LogP contribution in [-0.2, 0) is 14.3 Å². The Balaban J connectivity index is 1.61. The van der Waals surface area contributed by atoms with E-state index in [1.54, 1.807) is 4.90 Å². The van der Waals surface area contributed by atoms with E-state index in [0.717, 1.165) is 32.7 Å². The number of rotatable bonds is 8. The van der Waals surface area contributed by atoms with E-state index < -0.39 is 0 Å². The first-order chi connectivity index (χ1) is 12.7. The molecule has 6 heteroatoms. The zero-order valence-corrected chi connectivity index (χ0v) is 15.5. The van der Waals surface area contributed by atoms with Crippen LogP contribution in [0.4, 0.5) is 0 Å². The third-order valence-electron chi connectivity index (χ3n) is 5.23. The maximum absolute atomic E-state index is 12.5. The molecule has 0 bridgehead atoms. The number of carbonyl (C=O) groups is 2. The van der Waals surface area contributed by atoms with Crippen LogP contribution >= 0.6 is 0 Å².